The Labute approximate surface area is 111 Å². The Morgan fingerprint density at radius 1 is 1.11 bits per heavy atom. The first-order chi connectivity index (χ1) is 9.16. The van der Waals surface area contributed by atoms with Crippen LogP contribution in [0.5, 0.6) is 0 Å². The number of carbonyl (C=O) groups is 3. The molecule has 0 aromatic heterocycles. The number of amides is 2. The van der Waals surface area contributed by atoms with Gasteiger partial charge in [0.25, 0.3) is 11.8 Å². The largest absolute Gasteiger partial charge is 0.534 e. The topological polar surface area (TPSA) is 72.9 Å². The van der Waals surface area contributed by atoms with E-state index in [4.69, 9.17) is 4.74 Å². The van der Waals surface area contributed by atoms with Gasteiger partial charge in [-0.05, 0) is 32.1 Å². The van der Waals surface area contributed by atoms with Gasteiger partial charge in [-0.25, -0.2) is 4.79 Å². The highest BCUT2D eigenvalue weighted by Gasteiger charge is 2.33. The molecule has 1 aliphatic carbocycles. The Bertz CT molecular complexity index is 388. The van der Waals surface area contributed by atoms with E-state index in [1.165, 1.54) is 0 Å². The van der Waals surface area contributed by atoms with E-state index < -0.39 is 18.0 Å². The first kappa shape index (κ1) is 13.6. The van der Waals surface area contributed by atoms with E-state index in [1.54, 1.807) is 0 Å². The summed E-state index contributed by atoms with van der Waals surface area (Å²) in [6, 6.07) is 0. The maximum absolute atomic E-state index is 11.5. The second-order valence-electron chi connectivity index (χ2n) is 4.64. The average molecular weight is 267 g/mol. The SMILES string of the molecule is O=C(O[C@H]1CC/C=C/CCC1)ON1C(=O)CCC1=O. The molecule has 6 heteroatoms. The van der Waals surface area contributed by atoms with Crippen LogP contribution in [-0.2, 0) is 19.2 Å². The highest BCUT2D eigenvalue weighted by atomic mass is 16.8. The maximum Gasteiger partial charge on any atom is 0.534 e. The number of allylic oxidation sites excluding steroid dienone is 2. The predicted molar refractivity (Wildman–Crippen MR) is 64.7 cm³/mol. The van der Waals surface area contributed by atoms with Crippen molar-refractivity contribution >= 4 is 18.0 Å². The van der Waals surface area contributed by atoms with Crippen molar-refractivity contribution in [3.8, 4) is 0 Å². The third-order valence-electron chi connectivity index (χ3n) is 3.15. The summed E-state index contributed by atoms with van der Waals surface area (Å²) in [7, 11) is 0. The molecular weight excluding hydrogens is 250 g/mol. The zero-order chi connectivity index (χ0) is 13.7. The molecule has 0 bridgehead atoms. The number of nitrogens with zero attached hydrogens (tertiary/aromatic N) is 1. The van der Waals surface area contributed by atoms with Crippen molar-refractivity contribution in [2.45, 2.75) is 51.0 Å². The zero-order valence-electron chi connectivity index (χ0n) is 10.7. The lowest BCUT2D eigenvalue weighted by Crippen LogP contribution is -2.33. The highest BCUT2D eigenvalue weighted by Crippen LogP contribution is 2.18. The van der Waals surface area contributed by atoms with E-state index in [2.05, 4.69) is 17.0 Å². The molecule has 1 fully saturated rings. The maximum atomic E-state index is 11.5. The molecule has 0 aromatic carbocycles. The molecular formula is C13H17NO5. The molecule has 1 heterocycles. The molecule has 0 spiro atoms. The van der Waals surface area contributed by atoms with E-state index in [0.29, 0.717) is 5.06 Å². The quantitative estimate of drug-likeness (QED) is 0.435. The van der Waals surface area contributed by atoms with Crippen molar-refractivity contribution in [3.05, 3.63) is 12.2 Å². The molecule has 1 saturated heterocycles. The summed E-state index contributed by atoms with van der Waals surface area (Å²) in [5.74, 6) is -0.995. The second kappa shape index (κ2) is 6.36. The summed E-state index contributed by atoms with van der Waals surface area (Å²) < 4.78 is 5.14. The van der Waals surface area contributed by atoms with Crippen LogP contribution in [0.15, 0.2) is 12.2 Å². The zero-order valence-corrected chi connectivity index (χ0v) is 10.7. The minimum absolute atomic E-state index is 0.0837. The van der Waals surface area contributed by atoms with Gasteiger partial charge in [-0.3, -0.25) is 14.4 Å². The smallest absolute Gasteiger partial charge is 0.429 e. The standard InChI is InChI=1S/C13H17NO5/c15-11-8-9-12(16)14(11)19-13(17)18-10-6-4-2-1-3-5-7-10/h1-2,10H,3-9H2/b2-1+/t10-/m0/s1. The fourth-order valence-corrected chi connectivity index (χ4v) is 2.13. The average Bonchev–Trinajstić information content (AvgIpc) is 2.64. The van der Waals surface area contributed by atoms with Crippen molar-refractivity contribution in [2.75, 3.05) is 0 Å². The Morgan fingerprint density at radius 2 is 1.79 bits per heavy atom. The number of hydrogen-bond donors (Lipinski definition) is 0. The van der Waals surface area contributed by atoms with Gasteiger partial charge in [0.15, 0.2) is 0 Å². The van der Waals surface area contributed by atoms with Gasteiger partial charge in [0.2, 0.25) is 0 Å². The summed E-state index contributed by atoms with van der Waals surface area (Å²) in [6.07, 6.45) is 7.41. The molecule has 104 valence electrons. The highest BCUT2D eigenvalue weighted by molar-refractivity contribution is 6.01. The van der Waals surface area contributed by atoms with Gasteiger partial charge in [-0.2, -0.15) is 0 Å². The van der Waals surface area contributed by atoms with E-state index in [1.807, 2.05) is 0 Å². The van der Waals surface area contributed by atoms with Gasteiger partial charge in [-0.15, -0.1) is 0 Å². The number of rotatable bonds is 2. The van der Waals surface area contributed by atoms with Crippen molar-refractivity contribution in [2.24, 2.45) is 0 Å². The van der Waals surface area contributed by atoms with Crippen LogP contribution in [0.4, 0.5) is 4.79 Å². The van der Waals surface area contributed by atoms with E-state index in [9.17, 15) is 14.4 Å². The fraction of sp³-hybridized carbons (Fsp3) is 0.615. The van der Waals surface area contributed by atoms with Crippen molar-refractivity contribution in [1.82, 2.24) is 5.06 Å². The third-order valence-corrected chi connectivity index (χ3v) is 3.15. The summed E-state index contributed by atoms with van der Waals surface area (Å²) >= 11 is 0. The van der Waals surface area contributed by atoms with Crippen LogP contribution in [0.2, 0.25) is 0 Å². The van der Waals surface area contributed by atoms with Crippen LogP contribution in [0.3, 0.4) is 0 Å². The van der Waals surface area contributed by atoms with Crippen LogP contribution >= 0.6 is 0 Å². The van der Waals surface area contributed by atoms with Gasteiger partial charge in [0.05, 0.1) is 0 Å². The van der Waals surface area contributed by atoms with Crippen LogP contribution in [0.25, 0.3) is 0 Å². The Hall–Kier alpha value is -1.85. The lowest BCUT2D eigenvalue weighted by atomic mass is 10.0. The van der Waals surface area contributed by atoms with Gasteiger partial charge in [0.1, 0.15) is 6.10 Å². The Kier molecular flexibility index (Phi) is 4.54. The molecule has 0 unspecified atom stereocenters. The predicted octanol–water partition coefficient (Wildman–Crippen LogP) is 2.09. The third kappa shape index (κ3) is 3.81. The first-order valence-electron chi connectivity index (χ1n) is 6.56. The molecule has 19 heavy (non-hydrogen) atoms. The second-order valence-corrected chi connectivity index (χ2v) is 4.64. The molecule has 1 aliphatic heterocycles. The van der Waals surface area contributed by atoms with E-state index >= 15 is 0 Å². The fourth-order valence-electron chi connectivity index (χ4n) is 2.13. The van der Waals surface area contributed by atoms with Gasteiger partial charge in [-0.1, -0.05) is 17.2 Å². The molecule has 0 saturated carbocycles. The summed E-state index contributed by atoms with van der Waals surface area (Å²) in [5, 5.41) is 0.505. The molecule has 0 aromatic rings. The molecule has 0 N–H and O–H groups in total. The summed E-state index contributed by atoms with van der Waals surface area (Å²) in [5.41, 5.74) is 0. The number of imide groups is 1. The Balaban J connectivity index is 1.81. The number of hydroxylamine groups is 2. The minimum atomic E-state index is -0.974. The molecule has 1 atom stereocenters. The Morgan fingerprint density at radius 3 is 2.53 bits per heavy atom. The van der Waals surface area contributed by atoms with Crippen LogP contribution in [0.1, 0.15) is 44.9 Å². The van der Waals surface area contributed by atoms with E-state index in [0.717, 1.165) is 32.1 Å². The van der Waals surface area contributed by atoms with Crippen LogP contribution in [-0.4, -0.2) is 29.1 Å². The van der Waals surface area contributed by atoms with Crippen molar-refractivity contribution in [3.63, 3.8) is 0 Å². The number of carbonyl (C=O) groups excluding carboxylic acids is 3. The summed E-state index contributed by atoms with van der Waals surface area (Å²) in [4.78, 5) is 38.8. The van der Waals surface area contributed by atoms with Gasteiger partial charge < -0.3 is 4.74 Å². The summed E-state index contributed by atoms with van der Waals surface area (Å²) in [6.45, 7) is 0. The molecule has 6 nitrogen and oxygen atoms in total. The lowest BCUT2D eigenvalue weighted by Gasteiger charge is -2.19. The molecule has 2 rings (SSSR count). The number of ether oxygens (including phenoxy) is 1. The molecule has 2 amide bonds. The first-order valence-corrected chi connectivity index (χ1v) is 6.56. The number of hydrogen-bond acceptors (Lipinski definition) is 5. The lowest BCUT2D eigenvalue weighted by molar-refractivity contribution is -0.178. The van der Waals surface area contributed by atoms with Crippen LogP contribution < -0.4 is 0 Å². The molecule has 0 radical (unpaired) electrons. The monoisotopic (exact) mass is 267 g/mol. The van der Waals surface area contributed by atoms with E-state index in [-0.39, 0.29) is 18.9 Å². The van der Waals surface area contributed by atoms with Gasteiger partial charge in [0, 0.05) is 12.8 Å². The van der Waals surface area contributed by atoms with Crippen molar-refractivity contribution in [1.29, 1.82) is 0 Å². The van der Waals surface area contributed by atoms with Gasteiger partial charge >= 0.3 is 6.16 Å². The van der Waals surface area contributed by atoms with Crippen molar-refractivity contribution < 1.29 is 24.0 Å². The van der Waals surface area contributed by atoms with Crippen LogP contribution in [0, 0.1) is 0 Å². The minimum Gasteiger partial charge on any atom is -0.429 e. The normalized spacial score (nSPS) is 25.7. The molecule has 2 aliphatic rings.